The molecule has 0 bridgehead atoms. The summed E-state index contributed by atoms with van der Waals surface area (Å²) in [6.45, 7) is 4.44. The number of hydrogen-bond acceptors (Lipinski definition) is 3. The highest BCUT2D eigenvalue weighted by Gasteiger charge is 2.18. The Kier molecular flexibility index (Phi) is 8.79. The number of carbonyl (C=O) groups excluding carboxylic acids is 1. The Hall–Kier alpha value is -1.88. The van der Waals surface area contributed by atoms with Gasteiger partial charge < -0.3 is 10.6 Å². The molecule has 4 nitrogen and oxygen atoms in total. The van der Waals surface area contributed by atoms with Crippen molar-refractivity contribution in [2.75, 3.05) is 32.0 Å². The van der Waals surface area contributed by atoms with E-state index in [0.29, 0.717) is 5.56 Å². The SMILES string of the molecule is CNCCC1CCN(Cc2ccc(C(=O)Nc3ccccc3)cc2)CC1.Cl. The van der Waals surface area contributed by atoms with E-state index < -0.39 is 0 Å². The molecule has 1 aliphatic heterocycles. The molecule has 1 amide bonds. The van der Waals surface area contributed by atoms with Gasteiger partial charge in [0.05, 0.1) is 0 Å². The van der Waals surface area contributed by atoms with E-state index in [1.165, 1.54) is 37.9 Å². The molecule has 0 radical (unpaired) electrons. The Morgan fingerprint density at radius 3 is 2.33 bits per heavy atom. The lowest BCUT2D eigenvalue weighted by Gasteiger charge is -2.32. The number of carbonyl (C=O) groups is 1. The molecule has 2 aromatic carbocycles. The van der Waals surface area contributed by atoms with Crippen LogP contribution in [-0.4, -0.2) is 37.5 Å². The van der Waals surface area contributed by atoms with Crippen LogP contribution in [0.25, 0.3) is 0 Å². The summed E-state index contributed by atoms with van der Waals surface area (Å²) in [4.78, 5) is 14.8. The molecule has 3 rings (SSSR count). The fourth-order valence-corrected chi connectivity index (χ4v) is 3.53. The maximum atomic E-state index is 12.3. The van der Waals surface area contributed by atoms with Gasteiger partial charge >= 0.3 is 0 Å². The van der Waals surface area contributed by atoms with Gasteiger partial charge in [0, 0.05) is 17.8 Å². The van der Waals surface area contributed by atoms with Crippen LogP contribution in [0.4, 0.5) is 5.69 Å². The molecule has 0 aromatic heterocycles. The van der Waals surface area contributed by atoms with Gasteiger partial charge in [-0.2, -0.15) is 0 Å². The van der Waals surface area contributed by atoms with Crippen molar-refractivity contribution in [3.63, 3.8) is 0 Å². The minimum absolute atomic E-state index is 0. The Labute approximate surface area is 168 Å². The number of anilines is 1. The average Bonchev–Trinajstić information content (AvgIpc) is 2.69. The lowest BCUT2D eigenvalue weighted by atomic mass is 9.93. The molecule has 1 fully saturated rings. The lowest BCUT2D eigenvalue weighted by Crippen LogP contribution is -2.34. The van der Waals surface area contributed by atoms with Crippen molar-refractivity contribution >= 4 is 24.0 Å². The van der Waals surface area contributed by atoms with Crippen LogP contribution in [-0.2, 0) is 6.54 Å². The van der Waals surface area contributed by atoms with Crippen LogP contribution in [0, 0.1) is 5.92 Å². The first kappa shape index (κ1) is 21.4. The van der Waals surface area contributed by atoms with E-state index in [2.05, 4.69) is 27.7 Å². The molecule has 1 saturated heterocycles. The van der Waals surface area contributed by atoms with E-state index in [9.17, 15) is 4.79 Å². The zero-order chi connectivity index (χ0) is 18.2. The van der Waals surface area contributed by atoms with Crippen molar-refractivity contribution in [3.05, 3.63) is 65.7 Å². The number of halogens is 1. The Morgan fingerprint density at radius 2 is 1.70 bits per heavy atom. The highest BCUT2D eigenvalue weighted by molar-refractivity contribution is 6.04. The summed E-state index contributed by atoms with van der Waals surface area (Å²) < 4.78 is 0. The highest BCUT2D eigenvalue weighted by atomic mass is 35.5. The molecule has 5 heteroatoms. The summed E-state index contributed by atoms with van der Waals surface area (Å²) in [5, 5.41) is 6.18. The second-order valence-electron chi connectivity index (χ2n) is 7.13. The van der Waals surface area contributed by atoms with Crippen molar-refractivity contribution < 1.29 is 4.79 Å². The van der Waals surface area contributed by atoms with Gasteiger partial charge in [0.1, 0.15) is 0 Å². The minimum Gasteiger partial charge on any atom is -0.322 e. The van der Waals surface area contributed by atoms with Crippen molar-refractivity contribution in [2.45, 2.75) is 25.8 Å². The fraction of sp³-hybridized carbons (Fsp3) is 0.409. The van der Waals surface area contributed by atoms with E-state index in [0.717, 1.165) is 24.7 Å². The first-order valence-electron chi connectivity index (χ1n) is 9.57. The molecule has 2 N–H and O–H groups in total. The number of amides is 1. The molecule has 0 unspecified atom stereocenters. The molecule has 146 valence electrons. The Balaban J connectivity index is 0.00000261. The van der Waals surface area contributed by atoms with Crippen molar-refractivity contribution in [1.82, 2.24) is 10.2 Å². The van der Waals surface area contributed by atoms with Gasteiger partial charge in [-0.1, -0.05) is 30.3 Å². The number of nitrogens with one attached hydrogen (secondary N) is 2. The maximum absolute atomic E-state index is 12.3. The van der Waals surface area contributed by atoms with Crippen molar-refractivity contribution in [3.8, 4) is 0 Å². The van der Waals surface area contributed by atoms with Crippen LogP contribution >= 0.6 is 12.4 Å². The molecule has 0 spiro atoms. The molecule has 1 heterocycles. The van der Waals surface area contributed by atoms with Gasteiger partial charge in [0.15, 0.2) is 0 Å². The minimum atomic E-state index is -0.0619. The summed E-state index contributed by atoms with van der Waals surface area (Å²) in [6.07, 6.45) is 3.87. The summed E-state index contributed by atoms with van der Waals surface area (Å²) in [6, 6.07) is 17.6. The van der Waals surface area contributed by atoms with Crippen LogP contribution in [0.1, 0.15) is 35.2 Å². The van der Waals surface area contributed by atoms with Crippen LogP contribution < -0.4 is 10.6 Å². The average molecular weight is 388 g/mol. The highest BCUT2D eigenvalue weighted by Crippen LogP contribution is 2.21. The molecule has 0 aliphatic carbocycles. The topological polar surface area (TPSA) is 44.4 Å². The van der Waals surface area contributed by atoms with Crippen molar-refractivity contribution in [2.24, 2.45) is 5.92 Å². The number of benzene rings is 2. The molecule has 0 saturated carbocycles. The largest absolute Gasteiger partial charge is 0.322 e. The molecular formula is C22H30ClN3O. The number of rotatable bonds is 7. The Bertz CT molecular complexity index is 682. The Morgan fingerprint density at radius 1 is 1.04 bits per heavy atom. The van der Waals surface area contributed by atoms with Gasteiger partial charge in [0.25, 0.3) is 5.91 Å². The predicted octanol–water partition coefficient (Wildman–Crippen LogP) is 4.18. The quantitative estimate of drug-likeness (QED) is 0.748. The van der Waals surface area contributed by atoms with Gasteiger partial charge in [0.2, 0.25) is 0 Å². The van der Waals surface area contributed by atoms with E-state index in [1.807, 2.05) is 49.5 Å². The summed E-state index contributed by atoms with van der Waals surface area (Å²) in [7, 11) is 2.03. The summed E-state index contributed by atoms with van der Waals surface area (Å²) in [5.41, 5.74) is 2.79. The van der Waals surface area contributed by atoms with Crippen LogP contribution in [0.15, 0.2) is 54.6 Å². The van der Waals surface area contributed by atoms with Crippen LogP contribution in [0.2, 0.25) is 0 Å². The molecule has 2 aromatic rings. The fourth-order valence-electron chi connectivity index (χ4n) is 3.53. The summed E-state index contributed by atoms with van der Waals surface area (Å²) >= 11 is 0. The molecular weight excluding hydrogens is 358 g/mol. The molecule has 0 atom stereocenters. The van der Waals surface area contributed by atoms with Gasteiger partial charge in [-0.05, 0) is 81.7 Å². The van der Waals surface area contributed by atoms with E-state index in [1.54, 1.807) is 0 Å². The number of hydrogen-bond donors (Lipinski definition) is 2. The lowest BCUT2D eigenvalue weighted by molar-refractivity contribution is 0.102. The summed E-state index contributed by atoms with van der Waals surface area (Å²) in [5.74, 6) is 0.802. The number of piperidine rings is 1. The monoisotopic (exact) mass is 387 g/mol. The normalized spacial score (nSPS) is 15.1. The number of likely N-dealkylation sites (tertiary alicyclic amines) is 1. The van der Waals surface area contributed by atoms with E-state index in [-0.39, 0.29) is 18.3 Å². The third-order valence-electron chi connectivity index (χ3n) is 5.16. The van der Waals surface area contributed by atoms with Crippen LogP contribution in [0.3, 0.4) is 0 Å². The van der Waals surface area contributed by atoms with Gasteiger partial charge in [-0.15, -0.1) is 12.4 Å². The third kappa shape index (κ3) is 6.65. The second kappa shape index (κ2) is 11.1. The van der Waals surface area contributed by atoms with Crippen LogP contribution in [0.5, 0.6) is 0 Å². The van der Waals surface area contributed by atoms with Gasteiger partial charge in [-0.3, -0.25) is 9.69 Å². The zero-order valence-corrected chi connectivity index (χ0v) is 16.8. The number of nitrogens with zero attached hydrogens (tertiary/aromatic N) is 1. The van der Waals surface area contributed by atoms with Gasteiger partial charge in [-0.25, -0.2) is 0 Å². The van der Waals surface area contributed by atoms with E-state index in [4.69, 9.17) is 0 Å². The molecule has 27 heavy (non-hydrogen) atoms. The maximum Gasteiger partial charge on any atom is 0.255 e. The first-order chi connectivity index (χ1) is 12.7. The number of para-hydroxylation sites is 1. The third-order valence-corrected chi connectivity index (χ3v) is 5.16. The second-order valence-corrected chi connectivity index (χ2v) is 7.13. The van der Waals surface area contributed by atoms with E-state index >= 15 is 0 Å². The zero-order valence-electron chi connectivity index (χ0n) is 16.0. The smallest absolute Gasteiger partial charge is 0.255 e. The first-order valence-corrected chi connectivity index (χ1v) is 9.57. The standard InChI is InChI=1S/C22H29N3O.ClH/c1-23-14-11-18-12-15-25(16-13-18)17-19-7-9-20(10-8-19)22(26)24-21-5-3-2-4-6-21;/h2-10,18,23H,11-17H2,1H3,(H,24,26);1H. The molecule has 1 aliphatic rings. The van der Waals surface area contributed by atoms with Crippen molar-refractivity contribution in [1.29, 1.82) is 0 Å². The predicted molar refractivity (Wildman–Crippen MR) is 115 cm³/mol.